The fourth-order valence-corrected chi connectivity index (χ4v) is 3.62. The van der Waals surface area contributed by atoms with Gasteiger partial charge in [0.25, 0.3) is 0 Å². The quantitative estimate of drug-likeness (QED) is 0.873. The van der Waals surface area contributed by atoms with Crippen molar-refractivity contribution in [1.82, 2.24) is 9.46 Å². The van der Waals surface area contributed by atoms with E-state index in [0.717, 1.165) is 25.7 Å². The molecule has 2 rings (SSSR count). The first-order valence-corrected chi connectivity index (χ1v) is 8.11. The average molecular weight is 288 g/mol. The molecule has 19 heavy (non-hydrogen) atoms. The maximum absolute atomic E-state index is 12.1. The standard InChI is InChI=1S/C12H20N2O4S/c1-14(8-10-4-2-3-5-12(10)15)19(16,17)9-11-6-7-18-13-11/h6-7,10,12,15H,2-5,8-9H2,1H3. The topological polar surface area (TPSA) is 83.6 Å². The monoisotopic (exact) mass is 288 g/mol. The lowest BCUT2D eigenvalue weighted by atomic mass is 9.86. The van der Waals surface area contributed by atoms with Gasteiger partial charge < -0.3 is 9.63 Å². The molecule has 2 atom stereocenters. The van der Waals surface area contributed by atoms with Crippen molar-refractivity contribution in [2.24, 2.45) is 5.92 Å². The van der Waals surface area contributed by atoms with Crippen LogP contribution in [0.25, 0.3) is 0 Å². The number of nitrogens with zero attached hydrogens (tertiary/aromatic N) is 2. The number of hydrogen-bond donors (Lipinski definition) is 1. The Labute approximate surface area is 113 Å². The molecule has 6 nitrogen and oxygen atoms in total. The Bertz CT molecular complexity index is 486. The van der Waals surface area contributed by atoms with Gasteiger partial charge in [-0.3, -0.25) is 0 Å². The molecule has 1 saturated carbocycles. The fraction of sp³-hybridized carbons (Fsp3) is 0.750. The summed E-state index contributed by atoms with van der Waals surface area (Å²) in [6.45, 7) is 0.362. The van der Waals surface area contributed by atoms with Crippen LogP contribution < -0.4 is 0 Å². The Morgan fingerprint density at radius 2 is 2.21 bits per heavy atom. The van der Waals surface area contributed by atoms with Gasteiger partial charge in [-0.25, -0.2) is 12.7 Å². The van der Waals surface area contributed by atoms with E-state index in [4.69, 9.17) is 0 Å². The van der Waals surface area contributed by atoms with Gasteiger partial charge in [0.2, 0.25) is 10.0 Å². The van der Waals surface area contributed by atoms with Crippen LogP contribution in [0, 0.1) is 5.92 Å². The van der Waals surface area contributed by atoms with Crippen LogP contribution in [0.2, 0.25) is 0 Å². The van der Waals surface area contributed by atoms with Crippen molar-refractivity contribution in [3.8, 4) is 0 Å². The van der Waals surface area contributed by atoms with Crippen LogP contribution in [0.15, 0.2) is 16.9 Å². The molecule has 1 aliphatic carbocycles. The Morgan fingerprint density at radius 1 is 1.47 bits per heavy atom. The van der Waals surface area contributed by atoms with Gasteiger partial charge in [0.05, 0.1) is 11.8 Å². The van der Waals surface area contributed by atoms with Gasteiger partial charge in [-0.1, -0.05) is 18.0 Å². The van der Waals surface area contributed by atoms with Gasteiger partial charge in [0, 0.05) is 19.7 Å². The molecule has 1 aliphatic rings. The minimum absolute atomic E-state index is 0.0332. The first kappa shape index (κ1) is 14.5. The average Bonchev–Trinajstić information content (AvgIpc) is 2.84. The molecule has 1 heterocycles. The van der Waals surface area contributed by atoms with Gasteiger partial charge in [-0.15, -0.1) is 0 Å². The lowest BCUT2D eigenvalue weighted by Crippen LogP contribution is -2.38. The highest BCUT2D eigenvalue weighted by Crippen LogP contribution is 2.25. The SMILES string of the molecule is CN(CC1CCCCC1O)S(=O)(=O)Cc1ccon1. The molecule has 108 valence electrons. The molecular weight excluding hydrogens is 268 g/mol. The molecule has 0 radical (unpaired) electrons. The first-order chi connectivity index (χ1) is 8.99. The Morgan fingerprint density at radius 3 is 2.84 bits per heavy atom. The maximum Gasteiger partial charge on any atom is 0.219 e. The number of sulfonamides is 1. The summed E-state index contributed by atoms with van der Waals surface area (Å²) in [6.07, 6.45) is 4.69. The smallest absolute Gasteiger partial charge is 0.219 e. The summed E-state index contributed by atoms with van der Waals surface area (Å²) in [7, 11) is -1.85. The van der Waals surface area contributed by atoms with E-state index in [-0.39, 0.29) is 11.7 Å². The fourth-order valence-electron chi connectivity index (χ4n) is 2.45. The second kappa shape index (κ2) is 6.02. The predicted octanol–water partition coefficient (Wildman–Crippen LogP) is 0.987. The van der Waals surface area contributed by atoms with Crippen molar-refractivity contribution in [3.05, 3.63) is 18.0 Å². The zero-order valence-corrected chi connectivity index (χ0v) is 11.8. The Hall–Kier alpha value is -0.920. The first-order valence-electron chi connectivity index (χ1n) is 6.50. The second-order valence-corrected chi connectivity index (χ2v) is 7.22. The van der Waals surface area contributed by atoms with Crippen molar-refractivity contribution in [2.75, 3.05) is 13.6 Å². The summed E-state index contributed by atoms with van der Waals surface area (Å²) in [5.74, 6) is -0.131. The second-order valence-electron chi connectivity index (χ2n) is 5.14. The van der Waals surface area contributed by atoms with Crippen molar-refractivity contribution >= 4 is 10.0 Å². The molecule has 0 aromatic carbocycles. The molecule has 2 unspecified atom stereocenters. The molecule has 1 aromatic heterocycles. The molecule has 1 fully saturated rings. The van der Waals surface area contributed by atoms with E-state index in [2.05, 4.69) is 9.68 Å². The van der Waals surface area contributed by atoms with Gasteiger partial charge in [-0.2, -0.15) is 0 Å². The summed E-state index contributed by atoms with van der Waals surface area (Å²) in [6, 6.07) is 1.54. The molecule has 0 aliphatic heterocycles. The minimum atomic E-state index is -3.41. The third-order valence-electron chi connectivity index (χ3n) is 3.66. The summed E-state index contributed by atoms with van der Waals surface area (Å²) in [5.41, 5.74) is 0.399. The molecule has 1 aromatic rings. The summed E-state index contributed by atoms with van der Waals surface area (Å²) in [5, 5.41) is 13.5. The van der Waals surface area contributed by atoms with Crippen LogP contribution in [0.4, 0.5) is 0 Å². The largest absolute Gasteiger partial charge is 0.393 e. The molecule has 0 saturated heterocycles. The van der Waals surface area contributed by atoms with E-state index in [1.165, 1.54) is 10.6 Å². The van der Waals surface area contributed by atoms with Crippen molar-refractivity contribution in [1.29, 1.82) is 0 Å². The van der Waals surface area contributed by atoms with Crippen LogP contribution in [-0.4, -0.2) is 42.7 Å². The number of aromatic nitrogens is 1. The van der Waals surface area contributed by atoms with E-state index in [9.17, 15) is 13.5 Å². The highest BCUT2D eigenvalue weighted by atomic mass is 32.2. The molecule has 7 heteroatoms. The zero-order valence-electron chi connectivity index (χ0n) is 11.0. The third kappa shape index (κ3) is 3.77. The summed E-state index contributed by atoms with van der Waals surface area (Å²) in [4.78, 5) is 0. The van der Waals surface area contributed by atoms with E-state index in [0.29, 0.717) is 12.2 Å². The van der Waals surface area contributed by atoms with Crippen molar-refractivity contribution < 1.29 is 18.0 Å². The third-order valence-corrected chi connectivity index (χ3v) is 5.42. The normalized spacial score (nSPS) is 24.8. The number of hydrogen-bond acceptors (Lipinski definition) is 5. The van der Waals surface area contributed by atoms with Crippen LogP contribution in [0.3, 0.4) is 0 Å². The van der Waals surface area contributed by atoms with Crippen LogP contribution in [-0.2, 0) is 15.8 Å². The molecular formula is C12H20N2O4S. The predicted molar refractivity (Wildman–Crippen MR) is 69.7 cm³/mol. The lowest BCUT2D eigenvalue weighted by molar-refractivity contribution is 0.0620. The minimum Gasteiger partial charge on any atom is -0.393 e. The summed E-state index contributed by atoms with van der Waals surface area (Å²) >= 11 is 0. The number of aliphatic hydroxyl groups excluding tert-OH is 1. The summed E-state index contributed by atoms with van der Waals surface area (Å²) < 4.78 is 30.2. The molecule has 0 bridgehead atoms. The molecule has 0 amide bonds. The highest BCUT2D eigenvalue weighted by Gasteiger charge is 2.28. The van der Waals surface area contributed by atoms with Gasteiger partial charge in [0.15, 0.2) is 0 Å². The number of aliphatic hydroxyl groups is 1. The van der Waals surface area contributed by atoms with Crippen molar-refractivity contribution in [3.63, 3.8) is 0 Å². The molecule has 0 spiro atoms. The maximum atomic E-state index is 12.1. The van der Waals surface area contributed by atoms with Crippen LogP contribution in [0.1, 0.15) is 31.4 Å². The van der Waals surface area contributed by atoms with Crippen LogP contribution in [0.5, 0.6) is 0 Å². The Kier molecular flexibility index (Phi) is 4.59. The van der Waals surface area contributed by atoms with Gasteiger partial charge in [-0.05, 0) is 18.8 Å². The van der Waals surface area contributed by atoms with E-state index in [1.807, 2.05) is 0 Å². The number of rotatable bonds is 5. The van der Waals surface area contributed by atoms with E-state index in [1.54, 1.807) is 13.1 Å². The van der Waals surface area contributed by atoms with E-state index < -0.39 is 16.1 Å². The molecule has 1 N–H and O–H groups in total. The van der Waals surface area contributed by atoms with Crippen molar-refractivity contribution in [2.45, 2.75) is 37.5 Å². The van der Waals surface area contributed by atoms with Crippen LogP contribution >= 0.6 is 0 Å². The van der Waals surface area contributed by atoms with E-state index >= 15 is 0 Å². The lowest BCUT2D eigenvalue weighted by Gasteiger charge is -2.30. The van der Waals surface area contributed by atoms with Gasteiger partial charge in [0.1, 0.15) is 12.0 Å². The Balaban J connectivity index is 1.96. The zero-order chi connectivity index (χ0) is 13.9. The highest BCUT2D eigenvalue weighted by molar-refractivity contribution is 7.88. The van der Waals surface area contributed by atoms with Gasteiger partial charge >= 0.3 is 0 Å².